The van der Waals surface area contributed by atoms with Crippen molar-refractivity contribution in [2.24, 2.45) is 0 Å². The zero-order valence-electron chi connectivity index (χ0n) is 19.8. The van der Waals surface area contributed by atoms with Crippen molar-refractivity contribution in [2.75, 3.05) is 18.0 Å². The Bertz CT molecular complexity index is 1350. The lowest BCUT2D eigenvalue weighted by Gasteiger charge is -2.37. The Balaban J connectivity index is 0.00000289. The van der Waals surface area contributed by atoms with E-state index in [4.69, 9.17) is 4.74 Å². The Morgan fingerprint density at radius 1 is 1.03 bits per heavy atom. The van der Waals surface area contributed by atoms with Gasteiger partial charge in [-0.3, -0.25) is 0 Å². The number of fused-ring (bicyclic) bond motifs is 2. The quantitative estimate of drug-likeness (QED) is 0.323. The van der Waals surface area contributed by atoms with Gasteiger partial charge in [0.15, 0.2) is 0 Å². The molecule has 0 saturated heterocycles. The first-order chi connectivity index (χ1) is 16.5. The highest BCUT2D eigenvalue weighted by molar-refractivity contribution is 5.90. The van der Waals surface area contributed by atoms with Gasteiger partial charge in [-0.25, -0.2) is 4.79 Å². The monoisotopic (exact) mass is 488 g/mol. The Kier molecular flexibility index (Phi) is 7.29. The van der Waals surface area contributed by atoms with Crippen molar-refractivity contribution in [2.45, 2.75) is 26.0 Å². The molecule has 1 heterocycles. The fourth-order valence-corrected chi connectivity index (χ4v) is 4.71. The summed E-state index contributed by atoms with van der Waals surface area (Å²) in [6.07, 6.45) is -0.0970. The molecule has 5 rings (SSSR count). The molecular weight excluding hydrogens is 460 g/mol. The summed E-state index contributed by atoms with van der Waals surface area (Å²) in [6, 6.07) is 28.2. The van der Waals surface area contributed by atoms with Crippen LogP contribution >= 0.6 is 12.4 Å². The number of benzene rings is 4. The predicted molar refractivity (Wildman–Crippen MR) is 144 cm³/mol. The van der Waals surface area contributed by atoms with Crippen LogP contribution in [0.25, 0.3) is 10.8 Å². The number of anilines is 2. The molecule has 180 valence electrons. The molecule has 35 heavy (non-hydrogen) atoms. The van der Waals surface area contributed by atoms with Gasteiger partial charge < -0.3 is 20.1 Å². The molecular formula is C29H29ClN2O3. The highest BCUT2D eigenvalue weighted by Gasteiger charge is 2.28. The summed E-state index contributed by atoms with van der Waals surface area (Å²) in [7, 11) is 0. The number of carboxylic acid groups (broad SMARTS) is 1. The second-order valence-electron chi connectivity index (χ2n) is 8.82. The number of carboxylic acids is 1. The van der Waals surface area contributed by atoms with E-state index in [1.54, 1.807) is 12.1 Å². The fraction of sp³-hybridized carbons (Fsp3) is 0.207. The van der Waals surface area contributed by atoms with Crippen molar-refractivity contribution >= 4 is 40.5 Å². The number of hydrogen-bond acceptors (Lipinski definition) is 4. The summed E-state index contributed by atoms with van der Waals surface area (Å²) in [5, 5.41) is 15.7. The summed E-state index contributed by atoms with van der Waals surface area (Å²) in [5.41, 5.74) is 4.41. The third kappa shape index (κ3) is 4.97. The molecule has 6 heteroatoms. The number of nitrogens with one attached hydrogen (secondary N) is 1. The van der Waals surface area contributed by atoms with Gasteiger partial charge in [0.05, 0.1) is 17.8 Å². The third-order valence-electron chi connectivity index (χ3n) is 6.52. The van der Waals surface area contributed by atoms with Gasteiger partial charge in [-0.05, 0) is 60.0 Å². The van der Waals surface area contributed by atoms with Gasteiger partial charge in [0.2, 0.25) is 0 Å². The second kappa shape index (κ2) is 10.4. The maximum atomic E-state index is 11.6. The smallest absolute Gasteiger partial charge is 0.335 e. The van der Waals surface area contributed by atoms with Gasteiger partial charge in [0.25, 0.3) is 0 Å². The average molecular weight is 489 g/mol. The first-order valence-electron chi connectivity index (χ1n) is 11.6. The van der Waals surface area contributed by atoms with E-state index in [0.29, 0.717) is 13.1 Å². The molecule has 0 saturated carbocycles. The highest BCUT2D eigenvalue weighted by Crippen LogP contribution is 2.39. The minimum absolute atomic E-state index is 0. The molecule has 0 fully saturated rings. The second-order valence-corrected chi connectivity index (χ2v) is 8.82. The van der Waals surface area contributed by atoms with Crippen LogP contribution in [0.3, 0.4) is 0 Å². The molecule has 0 amide bonds. The van der Waals surface area contributed by atoms with Gasteiger partial charge >= 0.3 is 5.97 Å². The van der Waals surface area contributed by atoms with Crippen molar-refractivity contribution in [3.8, 4) is 5.75 Å². The third-order valence-corrected chi connectivity index (χ3v) is 6.52. The van der Waals surface area contributed by atoms with Crippen LogP contribution in [0.15, 0.2) is 84.9 Å². The summed E-state index contributed by atoms with van der Waals surface area (Å²) in [4.78, 5) is 13.8. The number of hydrogen-bond donors (Lipinski definition) is 2. The van der Waals surface area contributed by atoms with Gasteiger partial charge in [-0.1, -0.05) is 60.7 Å². The van der Waals surface area contributed by atoms with Crippen molar-refractivity contribution in [1.29, 1.82) is 0 Å². The molecule has 0 bridgehead atoms. The number of aromatic carboxylic acids is 1. The molecule has 0 aromatic heterocycles. The lowest BCUT2D eigenvalue weighted by Crippen LogP contribution is -2.44. The van der Waals surface area contributed by atoms with Gasteiger partial charge in [-0.15, -0.1) is 12.4 Å². The van der Waals surface area contributed by atoms with Crippen LogP contribution in [0.2, 0.25) is 0 Å². The summed E-state index contributed by atoms with van der Waals surface area (Å²) >= 11 is 0. The van der Waals surface area contributed by atoms with Crippen LogP contribution in [-0.4, -0.2) is 30.3 Å². The Morgan fingerprint density at radius 2 is 1.77 bits per heavy atom. The lowest BCUT2D eigenvalue weighted by atomic mass is 9.99. The molecule has 1 unspecified atom stereocenters. The van der Waals surface area contributed by atoms with Crippen LogP contribution in [0, 0.1) is 6.92 Å². The van der Waals surface area contributed by atoms with Gasteiger partial charge in [0, 0.05) is 18.3 Å². The minimum atomic E-state index is -0.926. The summed E-state index contributed by atoms with van der Waals surface area (Å²) < 4.78 is 6.35. The predicted octanol–water partition coefficient (Wildman–Crippen LogP) is 6.52. The number of halogens is 1. The summed E-state index contributed by atoms with van der Waals surface area (Å²) in [5.74, 6) is -0.122. The van der Waals surface area contributed by atoms with Crippen LogP contribution in [0.5, 0.6) is 5.75 Å². The molecule has 4 aromatic carbocycles. The molecule has 1 aliphatic rings. The van der Waals surface area contributed by atoms with E-state index in [1.165, 1.54) is 16.3 Å². The first-order valence-corrected chi connectivity index (χ1v) is 11.6. The maximum absolute atomic E-state index is 11.6. The van der Waals surface area contributed by atoms with Crippen molar-refractivity contribution < 1.29 is 14.6 Å². The lowest BCUT2D eigenvalue weighted by molar-refractivity contribution is 0.0697. The minimum Gasteiger partial charge on any atom is -0.485 e. The molecule has 1 aliphatic heterocycles. The van der Waals surface area contributed by atoms with Crippen molar-refractivity contribution in [1.82, 2.24) is 5.32 Å². The van der Waals surface area contributed by atoms with E-state index in [0.717, 1.165) is 22.7 Å². The van der Waals surface area contributed by atoms with E-state index in [9.17, 15) is 9.90 Å². The number of ether oxygens (including phenoxy) is 1. The summed E-state index contributed by atoms with van der Waals surface area (Å²) in [6.45, 7) is 5.47. The normalized spacial score (nSPS) is 15.6. The van der Waals surface area contributed by atoms with Crippen molar-refractivity contribution in [3.63, 3.8) is 0 Å². The molecule has 0 spiro atoms. The van der Waals surface area contributed by atoms with Crippen LogP contribution < -0.4 is 15.0 Å². The largest absolute Gasteiger partial charge is 0.485 e. The number of para-hydroxylation sites is 2. The van der Waals surface area contributed by atoms with E-state index in [2.05, 4.69) is 59.6 Å². The van der Waals surface area contributed by atoms with Gasteiger partial charge in [0.1, 0.15) is 11.9 Å². The number of aryl methyl sites for hydroxylation is 1. The van der Waals surface area contributed by atoms with Crippen molar-refractivity contribution in [3.05, 3.63) is 102 Å². The Labute approximate surface area is 211 Å². The molecule has 5 nitrogen and oxygen atoms in total. The highest BCUT2D eigenvalue weighted by atomic mass is 35.5. The number of carbonyl (C=O) groups is 1. The Morgan fingerprint density at radius 3 is 2.60 bits per heavy atom. The fourth-order valence-electron chi connectivity index (χ4n) is 4.71. The number of nitrogens with zero attached hydrogens (tertiary/aromatic N) is 1. The molecule has 0 radical (unpaired) electrons. The van der Waals surface area contributed by atoms with E-state index >= 15 is 0 Å². The topological polar surface area (TPSA) is 61.8 Å². The van der Waals surface area contributed by atoms with Crippen LogP contribution in [-0.2, 0) is 0 Å². The zero-order chi connectivity index (χ0) is 23.7. The van der Waals surface area contributed by atoms with E-state index in [1.807, 2.05) is 37.3 Å². The molecule has 4 aromatic rings. The Hall–Kier alpha value is -3.54. The SMILES string of the molecule is Cc1ccc(C(=O)O)cc1N1CC(CN[C@H](C)c2cccc3ccccc23)Oc2ccccc21.Cl. The molecule has 0 aliphatic carbocycles. The maximum Gasteiger partial charge on any atom is 0.335 e. The van der Waals surface area contributed by atoms with Crippen LogP contribution in [0.4, 0.5) is 11.4 Å². The van der Waals surface area contributed by atoms with E-state index in [-0.39, 0.29) is 30.1 Å². The molecule has 2 atom stereocenters. The number of rotatable bonds is 6. The molecule has 2 N–H and O–H groups in total. The first kappa shape index (κ1) is 24.6. The van der Waals surface area contributed by atoms with Gasteiger partial charge in [-0.2, -0.15) is 0 Å². The average Bonchev–Trinajstić information content (AvgIpc) is 2.86. The van der Waals surface area contributed by atoms with E-state index < -0.39 is 5.97 Å². The standard InChI is InChI=1S/C29H28N2O3.ClH/c1-19-14-15-22(29(32)33)16-27(19)31-18-23(34-28-13-6-5-12-26(28)31)17-30-20(2)24-11-7-9-21-8-3-4-10-25(21)24;/h3-16,20,23,30H,17-18H2,1-2H3,(H,32,33);1H/t20-,23?;/m1./s1. The van der Waals surface area contributed by atoms with Crippen LogP contribution in [0.1, 0.15) is 34.5 Å². The zero-order valence-corrected chi connectivity index (χ0v) is 20.6.